The van der Waals surface area contributed by atoms with Gasteiger partial charge in [-0.05, 0) is 11.8 Å². The molecule has 17 heavy (non-hydrogen) atoms. The minimum Gasteiger partial charge on any atom is -0.373 e. The lowest BCUT2D eigenvalue weighted by Gasteiger charge is -2.30. The van der Waals surface area contributed by atoms with E-state index >= 15 is 0 Å². The third-order valence-electron chi connectivity index (χ3n) is 3.61. The first-order chi connectivity index (χ1) is 7.99. The van der Waals surface area contributed by atoms with Crippen LogP contribution >= 0.6 is 0 Å². The van der Waals surface area contributed by atoms with E-state index in [1.165, 1.54) is 0 Å². The first kappa shape index (κ1) is 12.1. The number of aromatic amines is 2. The van der Waals surface area contributed by atoms with Crippen LogP contribution in [0.4, 0.5) is 0 Å². The van der Waals surface area contributed by atoms with E-state index in [4.69, 9.17) is 4.74 Å². The van der Waals surface area contributed by atoms with Crippen molar-refractivity contribution in [2.45, 2.75) is 39.9 Å². The fourth-order valence-electron chi connectivity index (χ4n) is 2.10. The lowest BCUT2D eigenvalue weighted by Crippen LogP contribution is -2.38. The van der Waals surface area contributed by atoms with E-state index in [1.54, 1.807) is 0 Å². The second kappa shape index (κ2) is 4.49. The Morgan fingerprint density at radius 3 is 2.59 bits per heavy atom. The molecule has 1 aliphatic rings. The largest absolute Gasteiger partial charge is 0.373 e. The third-order valence-corrected chi connectivity index (χ3v) is 3.61. The van der Waals surface area contributed by atoms with Crippen molar-refractivity contribution in [2.24, 2.45) is 11.8 Å². The van der Waals surface area contributed by atoms with Crippen molar-refractivity contribution in [1.82, 2.24) is 9.97 Å². The molecule has 0 saturated carbocycles. The second-order valence-electron chi connectivity index (χ2n) is 5.02. The monoisotopic (exact) mass is 238 g/mol. The Balaban J connectivity index is 2.30. The molecule has 0 amide bonds. The lowest BCUT2D eigenvalue weighted by molar-refractivity contribution is -0.0193. The molecule has 2 atom stereocenters. The highest BCUT2D eigenvalue weighted by molar-refractivity contribution is 5.18. The Kier molecular flexibility index (Phi) is 3.19. The van der Waals surface area contributed by atoms with Crippen LogP contribution in [0.1, 0.15) is 32.0 Å². The average molecular weight is 238 g/mol. The van der Waals surface area contributed by atoms with Crippen LogP contribution in [-0.2, 0) is 17.8 Å². The van der Waals surface area contributed by atoms with Gasteiger partial charge in [0.05, 0.1) is 18.3 Å². The Bertz CT molecular complexity index is 515. The molecule has 94 valence electrons. The van der Waals surface area contributed by atoms with Crippen LogP contribution in [0.25, 0.3) is 0 Å². The summed E-state index contributed by atoms with van der Waals surface area (Å²) in [6, 6.07) is 0. The van der Waals surface area contributed by atoms with Gasteiger partial charge in [0.25, 0.3) is 5.56 Å². The third kappa shape index (κ3) is 2.34. The zero-order chi connectivity index (χ0) is 12.6. The van der Waals surface area contributed by atoms with E-state index in [0.29, 0.717) is 23.8 Å². The van der Waals surface area contributed by atoms with E-state index in [9.17, 15) is 9.59 Å². The van der Waals surface area contributed by atoms with Crippen LogP contribution in [-0.4, -0.2) is 16.1 Å². The SMILES string of the molecule is CC(C)C(C)C1Cc2[nH]c(=O)[nH]c(=O)c2CO1. The van der Waals surface area contributed by atoms with Gasteiger partial charge in [0.1, 0.15) is 0 Å². The van der Waals surface area contributed by atoms with E-state index in [-0.39, 0.29) is 18.3 Å². The molecule has 0 spiro atoms. The summed E-state index contributed by atoms with van der Waals surface area (Å²) in [5, 5.41) is 0. The van der Waals surface area contributed by atoms with Gasteiger partial charge < -0.3 is 9.72 Å². The lowest BCUT2D eigenvalue weighted by atomic mass is 9.88. The summed E-state index contributed by atoms with van der Waals surface area (Å²) in [6.45, 7) is 6.70. The first-order valence-corrected chi connectivity index (χ1v) is 5.95. The molecule has 5 nitrogen and oxygen atoms in total. The molecule has 0 aromatic carbocycles. The average Bonchev–Trinajstić information content (AvgIpc) is 2.26. The maximum Gasteiger partial charge on any atom is 0.325 e. The second-order valence-corrected chi connectivity index (χ2v) is 5.02. The molecule has 0 bridgehead atoms. The minimum atomic E-state index is -0.438. The Hall–Kier alpha value is -1.36. The smallest absolute Gasteiger partial charge is 0.325 e. The Morgan fingerprint density at radius 1 is 1.24 bits per heavy atom. The molecule has 2 N–H and O–H groups in total. The fraction of sp³-hybridized carbons (Fsp3) is 0.667. The van der Waals surface area contributed by atoms with Gasteiger partial charge >= 0.3 is 5.69 Å². The van der Waals surface area contributed by atoms with Gasteiger partial charge in [-0.3, -0.25) is 9.78 Å². The summed E-state index contributed by atoms with van der Waals surface area (Å²) in [6.07, 6.45) is 0.674. The normalized spacial score (nSPS) is 21.3. The molecule has 0 radical (unpaired) electrons. The van der Waals surface area contributed by atoms with Crippen molar-refractivity contribution in [3.05, 3.63) is 32.1 Å². The number of fused-ring (bicyclic) bond motifs is 1. The molecule has 5 heteroatoms. The molecule has 0 fully saturated rings. The van der Waals surface area contributed by atoms with E-state index < -0.39 is 5.69 Å². The van der Waals surface area contributed by atoms with Gasteiger partial charge in [0, 0.05) is 12.1 Å². The molecule has 0 aliphatic carbocycles. The highest BCUT2D eigenvalue weighted by atomic mass is 16.5. The minimum absolute atomic E-state index is 0.0694. The molecule has 2 heterocycles. The molecule has 1 aromatic heterocycles. The van der Waals surface area contributed by atoms with Gasteiger partial charge in [0.15, 0.2) is 0 Å². The van der Waals surface area contributed by atoms with E-state index in [1.807, 2.05) is 0 Å². The maximum absolute atomic E-state index is 11.5. The predicted octanol–water partition coefficient (Wildman–Crippen LogP) is 0.797. The van der Waals surface area contributed by atoms with Crippen LogP contribution in [0.5, 0.6) is 0 Å². The van der Waals surface area contributed by atoms with Crippen LogP contribution in [0.15, 0.2) is 9.59 Å². The van der Waals surface area contributed by atoms with Crippen molar-refractivity contribution in [2.75, 3.05) is 0 Å². The number of ether oxygens (including phenoxy) is 1. The molecular formula is C12H18N2O3. The summed E-state index contributed by atoms with van der Waals surface area (Å²) < 4.78 is 5.71. The van der Waals surface area contributed by atoms with Crippen molar-refractivity contribution < 1.29 is 4.74 Å². The van der Waals surface area contributed by atoms with Crippen molar-refractivity contribution in [3.63, 3.8) is 0 Å². The summed E-state index contributed by atoms with van der Waals surface area (Å²) in [7, 11) is 0. The fourth-order valence-corrected chi connectivity index (χ4v) is 2.10. The first-order valence-electron chi connectivity index (χ1n) is 5.95. The molecule has 2 rings (SSSR count). The summed E-state index contributed by atoms with van der Waals surface area (Å²) in [5.74, 6) is 0.904. The molecule has 0 saturated heterocycles. The Labute approximate surface area is 99.2 Å². The number of hydrogen-bond donors (Lipinski definition) is 2. The number of nitrogens with one attached hydrogen (secondary N) is 2. The van der Waals surface area contributed by atoms with Gasteiger partial charge in [-0.2, -0.15) is 0 Å². The standard InChI is InChI=1S/C12H18N2O3/c1-6(2)7(3)10-4-9-8(5-17-10)11(15)14-12(16)13-9/h6-7,10H,4-5H2,1-3H3,(H2,13,14,15,16). The zero-order valence-corrected chi connectivity index (χ0v) is 10.4. The molecule has 1 aromatic rings. The van der Waals surface area contributed by atoms with Crippen LogP contribution in [0.2, 0.25) is 0 Å². The quantitative estimate of drug-likeness (QED) is 0.800. The predicted molar refractivity (Wildman–Crippen MR) is 64.0 cm³/mol. The maximum atomic E-state index is 11.5. The van der Waals surface area contributed by atoms with Crippen molar-refractivity contribution in [1.29, 1.82) is 0 Å². The van der Waals surface area contributed by atoms with Crippen molar-refractivity contribution >= 4 is 0 Å². The number of aromatic nitrogens is 2. The van der Waals surface area contributed by atoms with Crippen LogP contribution in [0, 0.1) is 11.8 Å². The Morgan fingerprint density at radius 2 is 1.94 bits per heavy atom. The highest BCUT2D eigenvalue weighted by Gasteiger charge is 2.28. The molecule has 2 unspecified atom stereocenters. The van der Waals surface area contributed by atoms with Gasteiger partial charge in [-0.1, -0.05) is 20.8 Å². The number of H-pyrrole nitrogens is 2. The van der Waals surface area contributed by atoms with Gasteiger partial charge in [-0.25, -0.2) is 4.79 Å². The topological polar surface area (TPSA) is 75.0 Å². The van der Waals surface area contributed by atoms with E-state index in [2.05, 4.69) is 30.7 Å². The zero-order valence-electron chi connectivity index (χ0n) is 10.4. The van der Waals surface area contributed by atoms with Crippen LogP contribution in [0.3, 0.4) is 0 Å². The van der Waals surface area contributed by atoms with Crippen LogP contribution < -0.4 is 11.2 Å². The summed E-state index contributed by atoms with van der Waals surface area (Å²) in [5.41, 5.74) is 0.505. The molecule has 1 aliphatic heterocycles. The summed E-state index contributed by atoms with van der Waals surface area (Å²) in [4.78, 5) is 27.7. The summed E-state index contributed by atoms with van der Waals surface area (Å²) >= 11 is 0. The number of hydrogen-bond acceptors (Lipinski definition) is 3. The molecular weight excluding hydrogens is 220 g/mol. The van der Waals surface area contributed by atoms with Gasteiger partial charge in [0.2, 0.25) is 0 Å². The van der Waals surface area contributed by atoms with Gasteiger partial charge in [-0.15, -0.1) is 0 Å². The van der Waals surface area contributed by atoms with Crippen molar-refractivity contribution in [3.8, 4) is 0 Å². The van der Waals surface area contributed by atoms with E-state index in [0.717, 1.165) is 5.69 Å². The number of rotatable bonds is 2. The highest BCUT2D eigenvalue weighted by Crippen LogP contribution is 2.25.